The van der Waals surface area contributed by atoms with Crippen LogP contribution in [0.15, 0.2) is 24.3 Å². The van der Waals surface area contributed by atoms with E-state index >= 15 is 0 Å². The zero-order valence-electron chi connectivity index (χ0n) is 20.3. The average molecular weight is 377 g/mol. The molecule has 2 radical (unpaired) electrons. The standard InChI is InChI=1S/C28H40/c1-25(2,3)21-18-20(19-16-14-13-15-17-19)22(26(4,5)6)24(28(10,11)12)23(21)27(7,8)9/h13-16H,1-12H3. The van der Waals surface area contributed by atoms with E-state index in [0.717, 1.165) is 5.56 Å². The second-order valence-electron chi connectivity index (χ2n) is 12.3. The lowest BCUT2D eigenvalue weighted by Gasteiger charge is -2.41. The maximum atomic E-state index is 3.93. The van der Waals surface area contributed by atoms with Crippen LogP contribution in [-0.4, -0.2) is 0 Å². The van der Waals surface area contributed by atoms with Gasteiger partial charge in [0.25, 0.3) is 0 Å². The minimum atomic E-state index is 0.00847. The van der Waals surface area contributed by atoms with Crippen LogP contribution in [0.4, 0.5) is 0 Å². The average Bonchev–Trinajstić information content (AvgIpc) is 2.50. The normalized spacial score (nSPS) is 13.7. The van der Waals surface area contributed by atoms with Crippen molar-refractivity contribution in [3.63, 3.8) is 0 Å². The Hall–Kier alpha value is -1.56. The van der Waals surface area contributed by atoms with E-state index in [9.17, 15) is 0 Å². The molecule has 0 bridgehead atoms. The lowest BCUT2D eigenvalue weighted by molar-refractivity contribution is 0.477. The molecule has 0 aliphatic heterocycles. The molecule has 0 fully saturated rings. The molecule has 0 unspecified atom stereocenters. The maximum absolute atomic E-state index is 3.93. The van der Waals surface area contributed by atoms with E-state index in [-0.39, 0.29) is 21.7 Å². The van der Waals surface area contributed by atoms with Gasteiger partial charge in [0.05, 0.1) is 0 Å². The number of hydrogen-bond acceptors (Lipinski definition) is 0. The molecule has 0 amide bonds. The van der Waals surface area contributed by atoms with Gasteiger partial charge in [-0.05, 0) is 67.2 Å². The Kier molecular flexibility index (Phi) is 5.72. The third-order valence-corrected chi connectivity index (χ3v) is 5.23. The van der Waals surface area contributed by atoms with E-state index < -0.39 is 0 Å². The minimum absolute atomic E-state index is 0.00847. The van der Waals surface area contributed by atoms with E-state index in [1.807, 2.05) is 12.1 Å². The SMILES string of the molecule is CC(C)(C)c1[c]c(-c2[c]cccc2)c(C(C)(C)C)c(C(C)(C)C)c1C(C)(C)C. The molecular weight excluding hydrogens is 336 g/mol. The van der Waals surface area contributed by atoms with Gasteiger partial charge in [0.1, 0.15) is 0 Å². The van der Waals surface area contributed by atoms with Crippen molar-refractivity contribution in [1.29, 1.82) is 0 Å². The Morgan fingerprint density at radius 3 is 1.43 bits per heavy atom. The van der Waals surface area contributed by atoms with Gasteiger partial charge in [0.2, 0.25) is 0 Å². The first kappa shape index (κ1) is 22.7. The first-order valence-electron chi connectivity index (χ1n) is 10.6. The van der Waals surface area contributed by atoms with Crippen LogP contribution < -0.4 is 0 Å². The first-order valence-corrected chi connectivity index (χ1v) is 10.6. The van der Waals surface area contributed by atoms with Crippen LogP contribution in [0.1, 0.15) is 105 Å². The minimum Gasteiger partial charge on any atom is -0.0616 e. The van der Waals surface area contributed by atoms with Crippen molar-refractivity contribution in [3.8, 4) is 11.1 Å². The molecule has 152 valence electrons. The van der Waals surface area contributed by atoms with E-state index in [4.69, 9.17) is 0 Å². The predicted molar refractivity (Wildman–Crippen MR) is 124 cm³/mol. The van der Waals surface area contributed by atoms with Crippen LogP contribution in [0.25, 0.3) is 11.1 Å². The van der Waals surface area contributed by atoms with Crippen molar-refractivity contribution in [2.75, 3.05) is 0 Å². The highest BCUT2D eigenvalue weighted by Crippen LogP contribution is 2.48. The first-order chi connectivity index (χ1) is 12.5. The molecule has 2 aromatic carbocycles. The van der Waals surface area contributed by atoms with Gasteiger partial charge in [-0.1, -0.05) is 107 Å². The summed E-state index contributed by atoms with van der Waals surface area (Å²) in [6, 6.07) is 15.8. The molecule has 0 saturated carbocycles. The molecule has 0 aliphatic rings. The molecule has 0 atom stereocenters. The van der Waals surface area contributed by atoms with Gasteiger partial charge in [-0.15, -0.1) is 0 Å². The maximum Gasteiger partial charge on any atom is -0.00522 e. The van der Waals surface area contributed by atoms with Crippen LogP contribution in [0.2, 0.25) is 0 Å². The van der Waals surface area contributed by atoms with E-state index in [1.165, 1.54) is 27.8 Å². The third-order valence-electron chi connectivity index (χ3n) is 5.23. The molecule has 0 heteroatoms. The zero-order valence-corrected chi connectivity index (χ0v) is 20.3. The molecule has 0 N–H and O–H groups in total. The van der Waals surface area contributed by atoms with Crippen molar-refractivity contribution in [1.82, 2.24) is 0 Å². The molecule has 0 nitrogen and oxygen atoms in total. The van der Waals surface area contributed by atoms with Crippen LogP contribution in [-0.2, 0) is 21.7 Å². The Morgan fingerprint density at radius 2 is 1.07 bits per heavy atom. The van der Waals surface area contributed by atoms with Crippen molar-refractivity contribution >= 4 is 0 Å². The summed E-state index contributed by atoms with van der Waals surface area (Å²) in [6.45, 7) is 28.1. The predicted octanol–water partition coefficient (Wildman–Crippen LogP) is 8.14. The van der Waals surface area contributed by atoms with Crippen LogP contribution in [0.5, 0.6) is 0 Å². The van der Waals surface area contributed by atoms with Crippen molar-refractivity contribution in [3.05, 3.63) is 58.7 Å². The fourth-order valence-electron chi connectivity index (χ4n) is 4.19. The Balaban J connectivity index is 3.21. The highest BCUT2D eigenvalue weighted by atomic mass is 14.4. The summed E-state index contributed by atoms with van der Waals surface area (Å²) in [5.74, 6) is 0. The van der Waals surface area contributed by atoms with Crippen LogP contribution >= 0.6 is 0 Å². The summed E-state index contributed by atoms with van der Waals surface area (Å²) in [7, 11) is 0. The van der Waals surface area contributed by atoms with Gasteiger partial charge in [0.15, 0.2) is 0 Å². The molecule has 0 saturated heterocycles. The highest BCUT2D eigenvalue weighted by molar-refractivity contribution is 5.73. The lowest BCUT2D eigenvalue weighted by atomic mass is 9.62. The molecular formula is C28H40. The van der Waals surface area contributed by atoms with Crippen LogP contribution in [0, 0.1) is 12.1 Å². The Bertz CT molecular complexity index is 823. The van der Waals surface area contributed by atoms with Gasteiger partial charge >= 0.3 is 0 Å². The molecule has 2 rings (SSSR count). The van der Waals surface area contributed by atoms with Gasteiger partial charge in [-0.25, -0.2) is 0 Å². The Morgan fingerprint density at radius 1 is 0.571 bits per heavy atom. The summed E-state index contributed by atoms with van der Waals surface area (Å²) in [6.07, 6.45) is 0. The van der Waals surface area contributed by atoms with Gasteiger partial charge in [-0.3, -0.25) is 0 Å². The fourth-order valence-corrected chi connectivity index (χ4v) is 4.19. The van der Waals surface area contributed by atoms with E-state index in [2.05, 4.69) is 107 Å². The molecule has 2 aromatic rings. The number of hydrogen-bond donors (Lipinski definition) is 0. The van der Waals surface area contributed by atoms with Crippen molar-refractivity contribution < 1.29 is 0 Å². The monoisotopic (exact) mass is 376 g/mol. The van der Waals surface area contributed by atoms with Crippen LogP contribution in [0.3, 0.4) is 0 Å². The van der Waals surface area contributed by atoms with E-state index in [0.29, 0.717) is 0 Å². The molecule has 0 heterocycles. The third kappa shape index (κ3) is 4.53. The second kappa shape index (κ2) is 7.05. The van der Waals surface area contributed by atoms with Crippen molar-refractivity contribution in [2.24, 2.45) is 0 Å². The summed E-state index contributed by atoms with van der Waals surface area (Å²) >= 11 is 0. The highest BCUT2D eigenvalue weighted by Gasteiger charge is 2.38. The quantitative estimate of drug-likeness (QED) is 0.471. The summed E-state index contributed by atoms with van der Waals surface area (Å²) in [5.41, 5.74) is 8.17. The smallest absolute Gasteiger partial charge is 0.00522 e. The molecule has 0 aliphatic carbocycles. The molecule has 0 spiro atoms. The van der Waals surface area contributed by atoms with Gasteiger partial charge in [-0.2, -0.15) is 0 Å². The largest absolute Gasteiger partial charge is 0.0616 e. The molecule has 0 aromatic heterocycles. The second-order valence-corrected chi connectivity index (χ2v) is 12.3. The lowest BCUT2D eigenvalue weighted by Crippen LogP contribution is -2.32. The van der Waals surface area contributed by atoms with Crippen molar-refractivity contribution in [2.45, 2.75) is 105 Å². The van der Waals surface area contributed by atoms with Gasteiger partial charge in [0, 0.05) is 0 Å². The molecule has 28 heavy (non-hydrogen) atoms. The summed E-state index contributed by atoms with van der Waals surface area (Å²) in [4.78, 5) is 0. The topological polar surface area (TPSA) is 0 Å². The van der Waals surface area contributed by atoms with E-state index in [1.54, 1.807) is 0 Å². The number of rotatable bonds is 1. The zero-order chi connectivity index (χ0) is 21.7. The van der Waals surface area contributed by atoms with Gasteiger partial charge < -0.3 is 0 Å². The Labute approximate surface area is 174 Å². The summed E-state index contributed by atoms with van der Waals surface area (Å²) in [5, 5.41) is 0. The fraction of sp³-hybridized carbons (Fsp3) is 0.571. The number of benzene rings is 2. The summed E-state index contributed by atoms with van der Waals surface area (Å²) < 4.78 is 0.